The topological polar surface area (TPSA) is 79.5 Å². The minimum Gasteiger partial charge on any atom is -0.481 e. The summed E-state index contributed by atoms with van der Waals surface area (Å²) in [5, 5.41) is 13.1. The fourth-order valence-electron chi connectivity index (χ4n) is 2.03. The Kier molecular flexibility index (Phi) is 3.64. The van der Waals surface area contributed by atoms with Gasteiger partial charge in [0.05, 0.1) is 11.8 Å². The minimum absolute atomic E-state index is 0.223. The average molecular weight is 251 g/mol. The summed E-state index contributed by atoms with van der Waals surface area (Å²) < 4.78 is 5.21. The van der Waals surface area contributed by atoms with Crippen LogP contribution in [0.25, 0.3) is 0 Å². The van der Waals surface area contributed by atoms with E-state index in [1.165, 1.54) is 0 Å². The number of anilines is 1. The normalized spacial score (nSPS) is 23.0. The molecule has 0 unspecified atom stereocenters. The van der Waals surface area contributed by atoms with Gasteiger partial charge < -0.3 is 14.5 Å². The van der Waals surface area contributed by atoms with E-state index >= 15 is 0 Å². The van der Waals surface area contributed by atoms with Crippen molar-refractivity contribution in [2.45, 2.75) is 25.7 Å². The van der Waals surface area contributed by atoms with Crippen LogP contribution in [0.5, 0.6) is 0 Å². The van der Waals surface area contributed by atoms with E-state index in [-0.39, 0.29) is 5.92 Å². The van der Waals surface area contributed by atoms with Crippen molar-refractivity contribution in [2.75, 3.05) is 18.5 Å². The van der Waals surface area contributed by atoms with Crippen LogP contribution in [0.3, 0.4) is 0 Å². The van der Waals surface area contributed by atoms with Gasteiger partial charge in [-0.15, -0.1) is 0 Å². The maximum Gasteiger partial charge on any atom is 0.307 e. The molecular weight excluding hydrogens is 234 g/mol. The van der Waals surface area contributed by atoms with Crippen molar-refractivity contribution >= 4 is 11.9 Å². The van der Waals surface area contributed by atoms with Crippen LogP contribution in [0.2, 0.25) is 0 Å². The predicted molar refractivity (Wildman–Crippen MR) is 65.5 cm³/mol. The first kappa shape index (κ1) is 12.6. The summed E-state index contributed by atoms with van der Waals surface area (Å²) in [7, 11) is 1.87. The second kappa shape index (κ2) is 5.20. The van der Waals surface area contributed by atoms with Crippen molar-refractivity contribution in [2.24, 2.45) is 5.92 Å². The van der Waals surface area contributed by atoms with Gasteiger partial charge in [-0.05, 0) is 24.9 Å². The Morgan fingerprint density at radius 3 is 2.94 bits per heavy atom. The summed E-state index contributed by atoms with van der Waals surface area (Å²) in [6.45, 7) is 2.76. The monoisotopic (exact) mass is 251 g/mol. The largest absolute Gasteiger partial charge is 0.481 e. The zero-order chi connectivity index (χ0) is 13.1. The molecule has 98 valence electrons. The van der Waals surface area contributed by atoms with Crippen molar-refractivity contribution in [3.8, 4) is 0 Å². The lowest BCUT2D eigenvalue weighted by atomic mass is 9.83. The van der Waals surface area contributed by atoms with Gasteiger partial charge in [-0.1, -0.05) is 12.2 Å². The summed E-state index contributed by atoms with van der Waals surface area (Å²) in [4.78, 5) is 17.3. The molecule has 0 aromatic carbocycles. The number of aliphatic carboxylic acids is 1. The van der Waals surface area contributed by atoms with Crippen LogP contribution >= 0.6 is 0 Å². The lowest BCUT2D eigenvalue weighted by molar-refractivity contribution is -0.142. The van der Waals surface area contributed by atoms with E-state index in [0.29, 0.717) is 24.7 Å². The van der Waals surface area contributed by atoms with Crippen LogP contribution in [0, 0.1) is 5.92 Å². The van der Waals surface area contributed by atoms with E-state index in [2.05, 4.69) is 10.1 Å². The molecule has 1 heterocycles. The van der Waals surface area contributed by atoms with E-state index in [0.717, 1.165) is 6.54 Å². The van der Waals surface area contributed by atoms with Gasteiger partial charge >= 0.3 is 5.97 Å². The maximum atomic E-state index is 11.2. The molecule has 0 aliphatic heterocycles. The maximum absolute atomic E-state index is 11.2. The van der Waals surface area contributed by atoms with Crippen LogP contribution < -0.4 is 4.90 Å². The number of allylic oxidation sites excluding steroid dienone is 2. The van der Waals surface area contributed by atoms with Gasteiger partial charge in [-0.2, -0.15) is 4.98 Å². The first-order chi connectivity index (χ1) is 8.63. The number of aromatic nitrogens is 2. The molecule has 1 aromatic rings. The number of carboxylic acid groups (broad SMARTS) is 1. The molecule has 1 aliphatic rings. The summed E-state index contributed by atoms with van der Waals surface area (Å²) >= 11 is 0. The van der Waals surface area contributed by atoms with Crippen molar-refractivity contribution in [3.63, 3.8) is 0 Å². The standard InChI is InChI=1S/C12H17N3O3/c1-3-15(2)12-13-10(18-14-12)8-6-4-5-7-9(8)11(16)17/h4-5,8-9H,3,6-7H2,1-2H3,(H,16,17)/t8-,9+/m1/s1. The van der Waals surface area contributed by atoms with Crippen molar-refractivity contribution in [1.82, 2.24) is 10.1 Å². The highest BCUT2D eigenvalue weighted by Crippen LogP contribution is 2.34. The van der Waals surface area contributed by atoms with Crippen LogP contribution in [-0.4, -0.2) is 34.8 Å². The Bertz CT molecular complexity index is 455. The molecular formula is C12H17N3O3. The molecule has 0 spiro atoms. The Labute approximate surface area is 105 Å². The molecule has 1 aliphatic carbocycles. The third-order valence-electron chi connectivity index (χ3n) is 3.31. The summed E-state index contributed by atoms with van der Waals surface area (Å²) in [5.74, 6) is -0.588. The quantitative estimate of drug-likeness (QED) is 0.820. The lowest BCUT2D eigenvalue weighted by Gasteiger charge is -2.21. The predicted octanol–water partition coefficient (Wildman–Crippen LogP) is 1.66. The third kappa shape index (κ3) is 2.37. The zero-order valence-corrected chi connectivity index (χ0v) is 10.5. The van der Waals surface area contributed by atoms with E-state index in [1.807, 2.05) is 31.0 Å². The van der Waals surface area contributed by atoms with Crippen LogP contribution in [0.4, 0.5) is 5.95 Å². The van der Waals surface area contributed by atoms with Gasteiger partial charge in [0, 0.05) is 13.6 Å². The molecule has 0 saturated heterocycles. The number of carbonyl (C=O) groups is 1. The average Bonchev–Trinajstić information content (AvgIpc) is 2.87. The Balaban J connectivity index is 2.21. The molecule has 0 radical (unpaired) electrons. The molecule has 0 fully saturated rings. The molecule has 2 rings (SSSR count). The molecule has 0 bridgehead atoms. The second-order valence-corrected chi connectivity index (χ2v) is 4.44. The highest BCUT2D eigenvalue weighted by molar-refractivity contribution is 5.71. The first-order valence-electron chi connectivity index (χ1n) is 6.06. The molecule has 0 amide bonds. The van der Waals surface area contributed by atoms with E-state index in [1.54, 1.807) is 0 Å². The summed E-state index contributed by atoms with van der Waals surface area (Å²) in [6.07, 6.45) is 5.01. The summed E-state index contributed by atoms with van der Waals surface area (Å²) in [5.41, 5.74) is 0. The van der Waals surface area contributed by atoms with Gasteiger partial charge in [-0.3, -0.25) is 4.79 Å². The van der Waals surface area contributed by atoms with Gasteiger partial charge in [0.2, 0.25) is 5.89 Å². The van der Waals surface area contributed by atoms with Crippen LogP contribution in [0.15, 0.2) is 16.7 Å². The fraction of sp³-hybridized carbons (Fsp3) is 0.583. The van der Waals surface area contributed by atoms with Crippen LogP contribution in [0.1, 0.15) is 31.6 Å². The molecule has 6 heteroatoms. The molecule has 2 atom stereocenters. The molecule has 6 nitrogen and oxygen atoms in total. The number of carboxylic acids is 1. The van der Waals surface area contributed by atoms with Crippen molar-refractivity contribution in [3.05, 3.63) is 18.0 Å². The van der Waals surface area contributed by atoms with Gasteiger partial charge in [0.15, 0.2) is 0 Å². The highest BCUT2D eigenvalue weighted by Gasteiger charge is 2.34. The number of rotatable bonds is 4. The first-order valence-corrected chi connectivity index (χ1v) is 6.06. The smallest absolute Gasteiger partial charge is 0.307 e. The third-order valence-corrected chi connectivity index (χ3v) is 3.31. The van der Waals surface area contributed by atoms with Crippen molar-refractivity contribution < 1.29 is 14.4 Å². The van der Waals surface area contributed by atoms with Crippen molar-refractivity contribution in [1.29, 1.82) is 0 Å². The molecule has 1 N–H and O–H groups in total. The van der Waals surface area contributed by atoms with E-state index < -0.39 is 11.9 Å². The fourth-order valence-corrected chi connectivity index (χ4v) is 2.03. The molecule has 0 saturated carbocycles. The minimum atomic E-state index is -0.812. The molecule has 18 heavy (non-hydrogen) atoms. The SMILES string of the molecule is CCN(C)c1noc([C@@H]2CC=CC[C@@H]2C(=O)O)n1. The Morgan fingerprint density at radius 2 is 2.28 bits per heavy atom. The number of nitrogens with zero attached hydrogens (tertiary/aromatic N) is 3. The van der Waals surface area contributed by atoms with Crippen LogP contribution in [-0.2, 0) is 4.79 Å². The van der Waals surface area contributed by atoms with E-state index in [9.17, 15) is 9.90 Å². The molecule has 1 aromatic heterocycles. The van der Waals surface area contributed by atoms with Gasteiger partial charge in [-0.25, -0.2) is 0 Å². The van der Waals surface area contributed by atoms with Gasteiger partial charge in [0.1, 0.15) is 0 Å². The van der Waals surface area contributed by atoms with Gasteiger partial charge in [0.25, 0.3) is 5.95 Å². The zero-order valence-electron chi connectivity index (χ0n) is 10.5. The van der Waals surface area contributed by atoms with E-state index in [4.69, 9.17) is 4.52 Å². The number of hydrogen-bond acceptors (Lipinski definition) is 5. The second-order valence-electron chi connectivity index (χ2n) is 4.44. The number of hydrogen-bond donors (Lipinski definition) is 1. The highest BCUT2D eigenvalue weighted by atomic mass is 16.5. The Hall–Kier alpha value is -1.85. The Morgan fingerprint density at radius 1 is 1.56 bits per heavy atom. The lowest BCUT2D eigenvalue weighted by Crippen LogP contribution is -2.24. The summed E-state index contributed by atoms with van der Waals surface area (Å²) in [6, 6.07) is 0.